The van der Waals surface area contributed by atoms with Crippen molar-refractivity contribution in [3.63, 3.8) is 0 Å². The van der Waals surface area contributed by atoms with Crippen LogP contribution in [0.1, 0.15) is 43.1 Å². The first-order valence-electron chi connectivity index (χ1n) is 7.48. The van der Waals surface area contributed by atoms with E-state index in [0.717, 1.165) is 30.0 Å². The van der Waals surface area contributed by atoms with Gasteiger partial charge in [-0.05, 0) is 50.1 Å². The van der Waals surface area contributed by atoms with Crippen molar-refractivity contribution in [2.45, 2.75) is 33.2 Å². The number of hydrogen-bond acceptors (Lipinski definition) is 4. The van der Waals surface area contributed by atoms with Crippen molar-refractivity contribution >= 4 is 0 Å². The third-order valence-corrected chi connectivity index (χ3v) is 3.34. The number of nitrogens with one attached hydrogen (secondary N) is 1. The molecule has 0 aliphatic rings. The standard InChI is InChI=1S/C17H23N3O/c1-4-8-20-17(16-7-6-9-19-13(16)3)14-10-15(21-5-2)12-18-11-14/h6-7,9-12,17,20H,4-5,8H2,1-3H3. The summed E-state index contributed by atoms with van der Waals surface area (Å²) in [7, 11) is 0. The van der Waals surface area contributed by atoms with Crippen LogP contribution in [-0.2, 0) is 0 Å². The van der Waals surface area contributed by atoms with Crippen LogP contribution in [-0.4, -0.2) is 23.1 Å². The summed E-state index contributed by atoms with van der Waals surface area (Å²) in [6, 6.07) is 6.23. The minimum atomic E-state index is 0.0894. The van der Waals surface area contributed by atoms with Crippen LogP contribution >= 0.6 is 0 Å². The molecule has 0 amide bonds. The van der Waals surface area contributed by atoms with Gasteiger partial charge >= 0.3 is 0 Å². The zero-order chi connectivity index (χ0) is 15.1. The minimum absolute atomic E-state index is 0.0894. The maximum absolute atomic E-state index is 5.56. The van der Waals surface area contributed by atoms with Crippen LogP contribution in [0.4, 0.5) is 0 Å². The van der Waals surface area contributed by atoms with E-state index in [1.165, 1.54) is 5.56 Å². The first-order chi connectivity index (χ1) is 10.3. The Morgan fingerprint density at radius 2 is 2.14 bits per heavy atom. The van der Waals surface area contributed by atoms with E-state index in [1.807, 2.05) is 32.3 Å². The summed E-state index contributed by atoms with van der Waals surface area (Å²) in [5, 5.41) is 3.58. The van der Waals surface area contributed by atoms with Gasteiger partial charge in [-0.3, -0.25) is 9.97 Å². The van der Waals surface area contributed by atoms with Gasteiger partial charge in [0.1, 0.15) is 5.75 Å². The monoisotopic (exact) mass is 285 g/mol. The Balaban J connectivity index is 2.36. The molecule has 21 heavy (non-hydrogen) atoms. The highest BCUT2D eigenvalue weighted by Gasteiger charge is 2.16. The molecule has 2 aromatic rings. The highest BCUT2D eigenvalue weighted by atomic mass is 16.5. The van der Waals surface area contributed by atoms with Crippen LogP contribution in [0.2, 0.25) is 0 Å². The fourth-order valence-corrected chi connectivity index (χ4v) is 2.34. The van der Waals surface area contributed by atoms with Gasteiger partial charge in [-0.1, -0.05) is 13.0 Å². The average Bonchev–Trinajstić information content (AvgIpc) is 2.50. The summed E-state index contributed by atoms with van der Waals surface area (Å²) in [6.07, 6.45) is 6.54. The topological polar surface area (TPSA) is 47.0 Å². The number of rotatable bonds is 7. The van der Waals surface area contributed by atoms with Gasteiger partial charge in [0.15, 0.2) is 0 Å². The molecule has 0 aliphatic heterocycles. The number of aromatic nitrogens is 2. The van der Waals surface area contributed by atoms with Gasteiger partial charge in [-0.25, -0.2) is 0 Å². The van der Waals surface area contributed by atoms with Crippen LogP contribution in [0.25, 0.3) is 0 Å². The molecule has 4 nitrogen and oxygen atoms in total. The first-order valence-corrected chi connectivity index (χ1v) is 7.48. The summed E-state index contributed by atoms with van der Waals surface area (Å²) >= 11 is 0. The molecule has 0 saturated carbocycles. The lowest BCUT2D eigenvalue weighted by molar-refractivity contribution is 0.338. The molecular formula is C17H23N3O. The van der Waals surface area contributed by atoms with Crippen molar-refractivity contribution in [2.75, 3.05) is 13.2 Å². The number of hydrogen-bond donors (Lipinski definition) is 1. The predicted molar refractivity (Wildman–Crippen MR) is 84.5 cm³/mol. The van der Waals surface area contributed by atoms with E-state index in [0.29, 0.717) is 6.61 Å². The third-order valence-electron chi connectivity index (χ3n) is 3.34. The maximum Gasteiger partial charge on any atom is 0.137 e. The second-order valence-electron chi connectivity index (χ2n) is 4.95. The predicted octanol–water partition coefficient (Wildman–Crippen LogP) is 3.27. The summed E-state index contributed by atoms with van der Waals surface area (Å²) in [5.41, 5.74) is 3.32. The van der Waals surface area contributed by atoms with Crippen molar-refractivity contribution in [1.29, 1.82) is 0 Å². The normalized spacial score (nSPS) is 12.1. The van der Waals surface area contributed by atoms with E-state index in [4.69, 9.17) is 4.74 Å². The Kier molecular flexibility index (Phi) is 5.69. The zero-order valence-electron chi connectivity index (χ0n) is 13.0. The second-order valence-corrected chi connectivity index (χ2v) is 4.95. The highest BCUT2D eigenvalue weighted by molar-refractivity contribution is 5.35. The summed E-state index contributed by atoms with van der Waals surface area (Å²) in [5.74, 6) is 0.805. The van der Waals surface area contributed by atoms with Gasteiger partial charge in [0.25, 0.3) is 0 Å². The summed E-state index contributed by atoms with van der Waals surface area (Å²) in [6.45, 7) is 7.76. The molecule has 0 aliphatic carbocycles. The lowest BCUT2D eigenvalue weighted by Crippen LogP contribution is -2.24. The molecule has 1 atom stereocenters. The van der Waals surface area contributed by atoms with Crippen molar-refractivity contribution < 1.29 is 4.74 Å². The summed E-state index contributed by atoms with van der Waals surface area (Å²) in [4.78, 5) is 8.70. The second kappa shape index (κ2) is 7.74. The quantitative estimate of drug-likeness (QED) is 0.848. The molecule has 0 fully saturated rings. The molecule has 0 radical (unpaired) electrons. The highest BCUT2D eigenvalue weighted by Crippen LogP contribution is 2.25. The van der Waals surface area contributed by atoms with Crippen molar-refractivity contribution in [3.05, 3.63) is 53.6 Å². The molecule has 112 valence electrons. The molecular weight excluding hydrogens is 262 g/mol. The van der Waals surface area contributed by atoms with Crippen LogP contribution in [0.5, 0.6) is 5.75 Å². The minimum Gasteiger partial charge on any atom is -0.492 e. The van der Waals surface area contributed by atoms with Crippen molar-refractivity contribution in [2.24, 2.45) is 0 Å². The SMILES string of the molecule is CCCNC(c1cncc(OCC)c1)c1cccnc1C. The molecule has 2 aromatic heterocycles. The van der Waals surface area contributed by atoms with Crippen LogP contribution in [0.3, 0.4) is 0 Å². The smallest absolute Gasteiger partial charge is 0.137 e. The van der Waals surface area contributed by atoms with E-state index < -0.39 is 0 Å². The lowest BCUT2D eigenvalue weighted by Gasteiger charge is -2.21. The third kappa shape index (κ3) is 4.02. The van der Waals surface area contributed by atoms with Gasteiger partial charge in [0, 0.05) is 18.1 Å². The maximum atomic E-state index is 5.56. The molecule has 4 heteroatoms. The van der Waals surface area contributed by atoms with E-state index in [2.05, 4.69) is 34.3 Å². The number of aryl methyl sites for hydroxylation is 1. The Morgan fingerprint density at radius 1 is 1.29 bits per heavy atom. The molecule has 0 aromatic carbocycles. The number of pyridine rings is 2. The summed E-state index contributed by atoms with van der Waals surface area (Å²) < 4.78 is 5.56. The van der Waals surface area contributed by atoms with Gasteiger partial charge in [0.2, 0.25) is 0 Å². The van der Waals surface area contributed by atoms with Crippen LogP contribution in [0, 0.1) is 6.92 Å². The molecule has 1 N–H and O–H groups in total. The fourth-order valence-electron chi connectivity index (χ4n) is 2.34. The van der Waals surface area contributed by atoms with Crippen molar-refractivity contribution in [1.82, 2.24) is 15.3 Å². The Hall–Kier alpha value is -1.94. The van der Waals surface area contributed by atoms with Gasteiger partial charge < -0.3 is 10.1 Å². The Labute approximate surface area is 126 Å². The van der Waals surface area contributed by atoms with Gasteiger partial charge in [-0.15, -0.1) is 0 Å². The van der Waals surface area contributed by atoms with Gasteiger partial charge in [0.05, 0.1) is 18.8 Å². The van der Waals surface area contributed by atoms with Crippen LogP contribution in [0.15, 0.2) is 36.8 Å². The lowest BCUT2D eigenvalue weighted by atomic mass is 9.98. The average molecular weight is 285 g/mol. The largest absolute Gasteiger partial charge is 0.492 e. The Morgan fingerprint density at radius 3 is 2.86 bits per heavy atom. The van der Waals surface area contributed by atoms with E-state index in [-0.39, 0.29) is 6.04 Å². The Bertz CT molecular complexity index is 571. The molecule has 0 spiro atoms. The molecule has 2 rings (SSSR count). The van der Waals surface area contributed by atoms with E-state index in [9.17, 15) is 0 Å². The van der Waals surface area contributed by atoms with Crippen LogP contribution < -0.4 is 10.1 Å². The fraction of sp³-hybridized carbons (Fsp3) is 0.412. The van der Waals surface area contributed by atoms with Gasteiger partial charge in [-0.2, -0.15) is 0 Å². The molecule has 0 saturated heterocycles. The molecule has 0 bridgehead atoms. The molecule has 2 heterocycles. The first kappa shape index (κ1) is 15.4. The van der Waals surface area contributed by atoms with Crippen molar-refractivity contribution in [3.8, 4) is 5.75 Å². The zero-order valence-corrected chi connectivity index (χ0v) is 13.0. The molecule has 1 unspecified atom stereocenters. The van der Waals surface area contributed by atoms with E-state index in [1.54, 1.807) is 6.20 Å². The number of ether oxygens (including phenoxy) is 1. The van der Waals surface area contributed by atoms with E-state index >= 15 is 0 Å². The number of nitrogens with zero attached hydrogens (tertiary/aromatic N) is 2.